The van der Waals surface area contributed by atoms with Crippen molar-refractivity contribution >= 4 is 0 Å². The zero-order valence-electron chi connectivity index (χ0n) is 9.49. The minimum Gasteiger partial charge on any atom is -0.244 e. The molecule has 0 bridgehead atoms. The quantitative estimate of drug-likeness (QED) is 0.675. The Labute approximate surface area is 98.3 Å². The van der Waals surface area contributed by atoms with Crippen LogP contribution in [0, 0.1) is 11.8 Å². The van der Waals surface area contributed by atoms with Crippen molar-refractivity contribution in [2.45, 2.75) is 50.4 Å². The molecule has 1 aliphatic rings. The topological polar surface area (TPSA) is 0 Å². The maximum atomic E-state index is 13.3. The molecule has 0 nitrogen and oxygen atoms in total. The van der Waals surface area contributed by atoms with Gasteiger partial charge in [-0.3, -0.25) is 0 Å². The third-order valence-electron chi connectivity index (χ3n) is 3.15. The Hall–Kier alpha value is -0.560. The number of halogens is 8. The van der Waals surface area contributed by atoms with Crippen LogP contribution in [0.3, 0.4) is 0 Å². The van der Waals surface area contributed by atoms with Crippen LogP contribution in [0.25, 0.3) is 0 Å². The average Bonchev–Trinajstić information content (AvgIpc) is 2.10. The Morgan fingerprint density at radius 1 is 0.556 bits per heavy atom. The van der Waals surface area contributed by atoms with Gasteiger partial charge in [0, 0.05) is 0 Å². The van der Waals surface area contributed by atoms with Gasteiger partial charge in [0.2, 0.25) is 0 Å². The van der Waals surface area contributed by atoms with Gasteiger partial charge in [0.15, 0.2) is 0 Å². The van der Waals surface area contributed by atoms with Gasteiger partial charge < -0.3 is 0 Å². The molecule has 108 valence electrons. The zero-order chi connectivity index (χ0) is 14.5. The molecule has 0 aromatic rings. The summed E-state index contributed by atoms with van der Waals surface area (Å²) < 4.78 is 105. The standard InChI is InChI=1S/C10H12F8/c1-9(15,16)3-5(11)7(13)4(10(2,17)18)8(14)6(3)12/h3-8H,1-2H3. The summed E-state index contributed by atoms with van der Waals surface area (Å²) in [6.07, 6.45) is -12.7. The molecular weight excluding hydrogens is 272 g/mol. The first-order valence-electron chi connectivity index (χ1n) is 5.21. The third kappa shape index (κ3) is 2.56. The summed E-state index contributed by atoms with van der Waals surface area (Å²) in [7, 11) is 0. The van der Waals surface area contributed by atoms with Crippen molar-refractivity contribution in [2.75, 3.05) is 0 Å². The SMILES string of the molecule is CC(F)(F)C1C(F)C(F)C(C(C)(F)F)C(F)C1F. The summed E-state index contributed by atoms with van der Waals surface area (Å²) in [5.74, 6) is -13.9. The van der Waals surface area contributed by atoms with E-state index in [0.29, 0.717) is 0 Å². The average molecular weight is 284 g/mol. The molecule has 1 fully saturated rings. The van der Waals surface area contributed by atoms with Gasteiger partial charge in [-0.2, -0.15) is 0 Å². The van der Waals surface area contributed by atoms with Gasteiger partial charge in [0.25, 0.3) is 11.8 Å². The maximum Gasteiger partial charge on any atom is 0.253 e. The van der Waals surface area contributed by atoms with Crippen LogP contribution in [-0.2, 0) is 0 Å². The van der Waals surface area contributed by atoms with Crippen LogP contribution in [0.15, 0.2) is 0 Å². The summed E-state index contributed by atoms with van der Waals surface area (Å²) in [6, 6.07) is 0. The molecule has 1 rings (SSSR count). The van der Waals surface area contributed by atoms with Crippen LogP contribution < -0.4 is 0 Å². The van der Waals surface area contributed by atoms with E-state index in [-0.39, 0.29) is 13.8 Å². The van der Waals surface area contributed by atoms with E-state index in [1.807, 2.05) is 0 Å². The molecular formula is C10H12F8. The fraction of sp³-hybridized carbons (Fsp3) is 1.00. The Morgan fingerprint density at radius 2 is 0.722 bits per heavy atom. The number of alkyl halides is 8. The van der Waals surface area contributed by atoms with E-state index in [1.165, 1.54) is 0 Å². The minimum atomic E-state index is -4.04. The van der Waals surface area contributed by atoms with Crippen LogP contribution in [0.5, 0.6) is 0 Å². The molecule has 1 aliphatic carbocycles. The molecule has 0 amide bonds. The fourth-order valence-electron chi connectivity index (χ4n) is 2.26. The van der Waals surface area contributed by atoms with Crippen molar-refractivity contribution in [1.82, 2.24) is 0 Å². The molecule has 0 heterocycles. The molecule has 0 aromatic carbocycles. The first-order chi connectivity index (χ1) is 7.89. The first-order valence-corrected chi connectivity index (χ1v) is 5.21. The van der Waals surface area contributed by atoms with Crippen molar-refractivity contribution in [1.29, 1.82) is 0 Å². The Kier molecular flexibility index (Phi) is 3.89. The zero-order valence-corrected chi connectivity index (χ0v) is 9.49. The number of hydrogen-bond donors (Lipinski definition) is 0. The molecule has 8 heteroatoms. The Morgan fingerprint density at radius 3 is 0.833 bits per heavy atom. The summed E-state index contributed by atoms with van der Waals surface area (Å²) >= 11 is 0. The molecule has 0 aromatic heterocycles. The van der Waals surface area contributed by atoms with E-state index in [9.17, 15) is 35.1 Å². The maximum absolute atomic E-state index is 13.3. The molecule has 18 heavy (non-hydrogen) atoms. The second kappa shape index (κ2) is 4.52. The second-order valence-electron chi connectivity index (χ2n) is 4.74. The lowest BCUT2D eigenvalue weighted by Gasteiger charge is -2.43. The highest BCUT2D eigenvalue weighted by Crippen LogP contribution is 2.48. The summed E-state index contributed by atoms with van der Waals surface area (Å²) in [6.45, 7) is 0.196. The highest BCUT2D eigenvalue weighted by Gasteiger charge is 2.64. The third-order valence-corrected chi connectivity index (χ3v) is 3.15. The normalized spacial score (nSPS) is 43.0. The monoisotopic (exact) mass is 284 g/mol. The van der Waals surface area contributed by atoms with Gasteiger partial charge in [-0.15, -0.1) is 0 Å². The Bertz CT molecular complexity index is 247. The van der Waals surface area contributed by atoms with Crippen LogP contribution in [0.1, 0.15) is 13.8 Å². The van der Waals surface area contributed by atoms with Gasteiger partial charge in [-0.1, -0.05) is 0 Å². The number of rotatable bonds is 2. The molecule has 0 aliphatic heterocycles. The van der Waals surface area contributed by atoms with E-state index in [0.717, 1.165) is 0 Å². The van der Waals surface area contributed by atoms with Crippen molar-refractivity contribution in [3.63, 3.8) is 0 Å². The van der Waals surface area contributed by atoms with Crippen LogP contribution in [-0.4, -0.2) is 36.5 Å². The molecule has 0 saturated heterocycles. The van der Waals surface area contributed by atoms with Crippen molar-refractivity contribution in [3.05, 3.63) is 0 Å². The van der Waals surface area contributed by atoms with E-state index in [1.54, 1.807) is 0 Å². The Balaban J connectivity index is 3.11. The lowest BCUT2D eigenvalue weighted by molar-refractivity contribution is -0.208. The highest BCUT2D eigenvalue weighted by atomic mass is 19.3. The molecule has 1 saturated carbocycles. The highest BCUT2D eigenvalue weighted by molar-refractivity contribution is 5.05. The fourth-order valence-corrected chi connectivity index (χ4v) is 2.26. The molecule has 4 atom stereocenters. The largest absolute Gasteiger partial charge is 0.253 e. The van der Waals surface area contributed by atoms with E-state index >= 15 is 0 Å². The summed E-state index contributed by atoms with van der Waals surface area (Å²) in [5.41, 5.74) is 0. The predicted octanol–water partition coefficient (Wildman–Crippen LogP) is 3.90. The lowest BCUT2D eigenvalue weighted by atomic mass is 9.72. The summed E-state index contributed by atoms with van der Waals surface area (Å²) in [4.78, 5) is 0. The second-order valence-corrected chi connectivity index (χ2v) is 4.74. The van der Waals surface area contributed by atoms with E-state index in [2.05, 4.69) is 0 Å². The number of hydrogen-bond acceptors (Lipinski definition) is 0. The van der Waals surface area contributed by atoms with Gasteiger partial charge in [0.1, 0.15) is 24.7 Å². The van der Waals surface area contributed by atoms with Gasteiger partial charge >= 0.3 is 0 Å². The lowest BCUT2D eigenvalue weighted by Crippen LogP contribution is -2.60. The minimum absolute atomic E-state index is 0.0979. The predicted molar refractivity (Wildman–Crippen MR) is 47.8 cm³/mol. The van der Waals surface area contributed by atoms with E-state index in [4.69, 9.17) is 0 Å². The molecule has 0 N–H and O–H groups in total. The summed E-state index contributed by atoms with van der Waals surface area (Å²) in [5, 5.41) is 0. The van der Waals surface area contributed by atoms with Crippen molar-refractivity contribution in [3.8, 4) is 0 Å². The van der Waals surface area contributed by atoms with Crippen LogP contribution in [0.4, 0.5) is 35.1 Å². The van der Waals surface area contributed by atoms with Gasteiger partial charge in [-0.25, -0.2) is 35.1 Å². The van der Waals surface area contributed by atoms with Gasteiger partial charge in [0.05, 0.1) is 11.8 Å². The molecule has 4 unspecified atom stereocenters. The molecule has 0 radical (unpaired) electrons. The van der Waals surface area contributed by atoms with Crippen LogP contribution in [0.2, 0.25) is 0 Å². The first kappa shape index (κ1) is 15.5. The van der Waals surface area contributed by atoms with E-state index < -0.39 is 48.4 Å². The smallest absolute Gasteiger partial charge is 0.244 e. The van der Waals surface area contributed by atoms with Gasteiger partial charge in [-0.05, 0) is 13.8 Å². The van der Waals surface area contributed by atoms with Crippen molar-refractivity contribution < 1.29 is 35.1 Å². The molecule has 0 spiro atoms. The van der Waals surface area contributed by atoms with Crippen molar-refractivity contribution in [2.24, 2.45) is 11.8 Å². The van der Waals surface area contributed by atoms with Crippen LogP contribution >= 0.6 is 0 Å².